The van der Waals surface area contributed by atoms with Gasteiger partial charge in [-0.2, -0.15) is 0 Å². The Hall–Kier alpha value is -1.82. The molecule has 17 heavy (non-hydrogen) atoms. The second kappa shape index (κ2) is 5.49. The van der Waals surface area contributed by atoms with Gasteiger partial charge in [0, 0.05) is 11.6 Å². The number of phenols is 2. The lowest BCUT2D eigenvalue weighted by Crippen LogP contribution is -2.31. The standard InChI is InChI=1S/C11H14FNO4/c1-2-17-11(16)9(12)10(13)7-4-3-6(14)5-8(7)15/h3-5,9-10,14-15H,2,13H2,1H3/t9?,10-/m0/s1. The van der Waals surface area contributed by atoms with Gasteiger partial charge in [0.15, 0.2) is 0 Å². The van der Waals surface area contributed by atoms with Gasteiger partial charge in [-0.05, 0) is 19.1 Å². The molecule has 0 spiro atoms. The molecule has 6 heteroatoms. The Labute approximate surface area is 97.6 Å². The third-order valence-electron chi connectivity index (χ3n) is 2.20. The summed E-state index contributed by atoms with van der Waals surface area (Å²) in [7, 11) is 0. The van der Waals surface area contributed by atoms with Crippen LogP contribution in [0.1, 0.15) is 18.5 Å². The summed E-state index contributed by atoms with van der Waals surface area (Å²) in [4.78, 5) is 11.1. The topological polar surface area (TPSA) is 92.8 Å². The molecule has 0 saturated heterocycles. The number of alkyl halides is 1. The normalized spacial score (nSPS) is 14.1. The molecule has 5 nitrogen and oxygen atoms in total. The number of nitrogens with two attached hydrogens (primary N) is 1. The number of carbonyl (C=O) groups excluding carboxylic acids is 1. The summed E-state index contributed by atoms with van der Waals surface area (Å²) < 4.78 is 18.1. The van der Waals surface area contributed by atoms with E-state index in [9.17, 15) is 14.3 Å². The molecular weight excluding hydrogens is 229 g/mol. The second-order valence-corrected chi connectivity index (χ2v) is 3.42. The lowest BCUT2D eigenvalue weighted by molar-refractivity contribution is -0.149. The third-order valence-corrected chi connectivity index (χ3v) is 2.20. The Morgan fingerprint density at radius 3 is 2.71 bits per heavy atom. The van der Waals surface area contributed by atoms with Crippen LogP contribution in [-0.4, -0.2) is 29.0 Å². The van der Waals surface area contributed by atoms with E-state index in [2.05, 4.69) is 4.74 Å². The molecule has 0 aromatic heterocycles. The van der Waals surface area contributed by atoms with Crippen molar-refractivity contribution in [1.82, 2.24) is 0 Å². The quantitative estimate of drug-likeness (QED) is 0.686. The summed E-state index contributed by atoms with van der Waals surface area (Å²) in [6.07, 6.45) is -2.06. The molecule has 2 atom stereocenters. The van der Waals surface area contributed by atoms with Crippen LogP contribution in [0.5, 0.6) is 11.5 Å². The Bertz CT molecular complexity index is 410. The molecule has 0 bridgehead atoms. The lowest BCUT2D eigenvalue weighted by Gasteiger charge is -2.16. The highest BCUT2D eigenvalue weighted by Crippen LogP contribution is 2.29. The molecule has 94 valence electrons. The van der Waals surface area contributed by atoms with Crippen molar-refractivity contribution in [2.24, 2.45) is 5.73 Å². The highest BCUT2D eigenvalue weighted by Gasteiger charge is 2.29. The summed E-state index contributed by atoms with van der Waals surface area (Å²) in [6, 6.07) is 2.18. The second-order valence-electron chi connectivity index (χ2n) is 3.42. The summed E-state index contributed by atoms with van der Waals surface area (Å²) in [6.45, 7) is 1.60. The highest BCUT2D eigenvalue weighted by molar-refractivity contribution is 5.76. The van der Waals surface area contributed by atoms with E-state index in [0.717, 1.165) is 6.07 Å². The Morgan fingerprint density at radius 2 is 2.18 bits per heavy atom. The first-order valence-electron chi connectivity index (χ1n) is 5.05. The molecule has 1 aromatic carbocycles. The van der Waals surface area contributed by atoms with E-state index in [-0.39, 0.29) is 23.7 Å². The van der Waals surface area contributed by atoms with Crippen LogP contribution in [0.2, 0.25) is 0 Å². The molecule has 0 aliphatic rings. The van der Waals surface area contributed by atoms with Gasteiger partial charge in [-0.3, -0.25) is 0 Å². The molecule has 1 unspecified atom stereocenters. The number of halogens is 1. The first kappa shape index (κ1) is 13.2. The summed E-state index contributed by atoms with van der Waals surface area (Å²) in [5, 5.41) is 18.5. The number of phenolic OH excluding ortho intramolecular Hbond substituents is 2. The number of esters is 1. The van der Waals surface area contributed by atoms with Crippen LogP contribution < -0.4 is 5.73 Å². The van der Waals surface area contributed by atoms with Gasteiger partial charge in [0.2, 0.25) is 6.17 Å². The Balaban J connectivity index is 2.88. The number of carbonyl (C=O) groups is 1. The van der Waals surface area contributed by atoms with E-state index < -0.39 is 18.2 Å². The van der Waals surface area contributed by atoms with Crippen LogP contribution in [0.25, 0.3) is 0 Å². The average Bonchev–Trinajstić information content (AvgIpc) is 2.27. The van der Waals surface area contributed by atoms with Gasteiger partial charge in [0.1, 0.15) is 11.5 Å². The number of ether oxygens (including phenoxy) is 1. The molecule has 0 heterocycles. The van der Waals surface area contributed by atoms with E-state index in [1.807, 2.05) is 0 Å². The zero-order chi connectivity index (χ0) is 13.0. The third kappa shape index (κ3) is 3.07. The van der Waals surface area contributed by atoms with E-state index in [1.165, 1.54) is 12.1 Å². The van der Waals surface area contributed by atoms with E-state index in [0.29, 0.717) is 0 Å². The maximum absolute atomic E-state index is 13.6. The molecule has 1 aromatic rings. The van der Waals surface area contributed by atoms with Crippen LogP contribution >= 0.6 is 0 Å². The van der Waals surface area contributed by atoms with Crippen molar-refractivity contribution in [3.8, 4) is 11.5 Å². The highest BCUT2D eigenvalue weighted by atomic mass is 19.1. The average molecular weight is 243 g/mol. The van der Waals surface area contributed by atoms with Gasteiger partial charge in [0.25, 0.3) is 0 Å². The summed E-state index contributed by atoms with van der Waals surface area (Å²) >= 11 is 0. The van der Waals surface area contributed by atoms with Crippen LogP contribution in [0.3, 0.4) is 0 Å². The number of benzene rings is 1. The number of hydrogen-bond acceptors (Lipinski definition) is 5. The van der Waals surface area contributed by atoms with Crippen molar-refractivity contribution in [3.05, 3.63) is 23.8 Å². The van der Waals surface area contributed by atoms with Gasteiger partial charge >= 0.3 is 5.97 Å². The van der Waals surface area contributed by atoms with Crippen molar-refractivity contribution >= 4 is 5.97 Å². The van der Waals surface area contributed by atoms with Gasteiger partial charge < -0.3 is 20.7 Å². The molecule has 0 amide bonds. The first-order chi connectivity index (χ1) is 7.97. The minimum atomic E-state index is -2.06. The molecule has 0 fully saturated rings. The molecule has 0 aliphatic heterocycles. The van der Waals surface area contributed by atoms with Crippen LogP contribution in [0, 0.1) is 0 Å². The molecule has 1 rings (SSSR count). The van der Waals surface area contributed by atoms with Gasteiger partial charge in [-0.1, -0.05) is 0 Å². The van der Waals surface area contributed by atoms with Crippen LogP contribution in [-0.2, 0) is 9.53 Å². The van der Waals surface area contributed by atoms with Crippen LogP contribution in [0.15, 0.2) is 18.2 Å². The van der Waals surface area contributed by atoms with E-state index >= 15 is 0 Å². The minimum Gasteiger partial charge on any atom is -0.508 e. The number of rotatable bonds is 4. The molecule has 4 N–H and O–H groups in total. The molecular formula is C11H14FNO4. The fraction of sp³-hybridized carbons (Fsp3) is 0.364. The van der Waals surface area contributed by atoms with Gasteiger partial charge in [-0.15, -0.1) is 0 Å². The van der Waals surface area contributed by atoms with Crippen molar-refractivity contribution in [2.75, 3.05) is 6.61 Å². The zero-order valence-electron chi connectivity index (χ0n) is 9.26. The largest absolute Gasteiger partial charge is 0.508 e. The monoisotopic (exact) mass is 243 g/mol. The predicted octanol–water partition coefficient (Wildman–Crippen LogP) is 0.999. The van der Waals surface area contributed by atoms with Crippen LogP contribution in [0.4, 0.5) is 4.39 Å². The zero-order valence-corrected chi connectivity index (χ0v) is 9.26. The first-order valence-corrected chi connectivity index (χ1v) is 5.05. The SMILES string of the molecule is CCOC(=O)C(F)[C@@H](N)c1ccc(O)cc1O. The van der Waals surface area contributed by atoms with Crippen molar-refractivity contribution in [3.63, 3.8) is 0 Å². The summed E-state index contributed by atoms with van der Waals surface area (Å²) in [5.41, 5.74) is 5.53. The van der Waals surface area contributed by atoms with Gasteiger partial charge in [-0.25, -0.2) is 9.18 Å². The van der Waals surface area contributed by atoms with Gasteiger partial charge in [0.05, 0.1) is 12.6 Å². The smallest absolute Gasteiger partial charge is 0.342 e. The fourth-order valence-electron chi connectivity index (χ4n) is 1.34. The maximum atomic E-state index is 13.6. The lowest BCUT2D eigenvalue weighted by atomic mass is 10.0. The Morgan fingerprint density at radius 1 is 1.53 bits per heavy atom. The minimum absolute atomic E-state index is 0.0309. The molecule has 0 saturated carbocycles. The Kier molecular flexibility index (Phi) is 4.28. The van der Waals surface area contributed by atoms with E-state index in [4.69, 9.17) is 10.8 Å². The molecule has 0 aliphatic carbocycles. The van der Waals surface area contributed by atoms with Crippen molar-refractivity contribution in [2.45, 2.75) is 19.1 Å². The number of hydrogen-bond donors (Lipinski definition) is 3. The fourth-order valence-corrected chi connectivity index (χ4v) is 1.34. The van der Waals surface area contributed by atoms with Crippen molar-refractivity contribution < 1.29 is 24.1 Å². The van der Waals surface area contributed by atoms with Crippen molar-refractivity contribution in [1.29, 1.82) is 0 Å². The number of aromatic hydroxyl groups is 2. The predicted molar refractivity (Wildman–Crippen MR) is 58.2 cm³/mol. The molecule has 0 radical (unpaired) electrons. The maximum Gasteiger partial charge on any atom is 0.342 e. The summed E-state index contributed by atoms with van der Waals surface area (Å²) in [5.74, 6) is -1.62. The van der Waals surface area contributed by atoms with E-state index in [1.54, 1.807) is 6.92 Å².